The van der Waals surface area contributed by atoms with Gasteiger partial charge in [0.25, 0.3) is 0 Å². The molecule has 0 bridgehead atoms. The summed E-state index contributed by atoms with van der Waals surface area (Å²) in [5.74, 6) is 0. The van der Waals surface area contributed by atoms with Crippen LogP contribution in [0.4, 0.5) is 0 Å². The molecule has 0 aliphatic heterocycles. The number of hydrogen-bond donors (Lipinski definition) is 5. The number of thiol groups is 1. The molecule has 29 heavy (non-hydrogen) atoms. The number of benzene rings is 2. The molecule has 0 atom stereocenters. The second kappa shape index (κ2) is 12.2. The fourth-order valence-electron chi connectivity index (χ4n) is 2.34. The maximum Gasteiger partial charge on any atom is 0.186 e. The molecule has 0 heterocycles. The number of hydrazone groups is 2. The van der Waals surface area contributed by atoms with E-state index in [1.165, 1.54) is 0 Å². The minimum Gasteiger partial charge on any atom is -0.362 e. The van der Waals surface area contributed by atoms with Gasteiger partial charge in [-0.3, -0.25) is 10.9 Å². The first-order valence-electron chi connectivity index (χ1n) is 9.13. The lowest BCUT2D eigenvalue weighted by molar-refractivity contribution is 0.897. The van der Waals surface area contributed by atoms with Gasteiger partial charge < -0.3 is 10.6 Å². The molecule has 0 saturated carbocycles. The first kappa shape index (κ1) is 22.8. The zero-order valence-electron chi connectivity index (χ0n) is 16.3. The summed E-state index contributed by atoms with van der Waals surface area (Å²) in [4.78, 5) is 0.855. The molecular formula is C20H24N6S3. The molecule has 0 aromatic heterocycles. The third-order valence-electron chi connectivity index (χ3n) is 3.63. The number of rotatable bonds is 7. The van der Waals surface area contributed by atoms with Gasteiger partial charge in [0.1, 0.15) is 11.4 Å². The van der Waals surface area contributed by atoms with Gasteiger partial charge >= 0.3 is 0 Å². The van der Waals surface area contributed by atoms with Crippen molar-refractivity contribution in [3.05, 3.63) is 65.7 Å². The molecule has 0 aliphatic rings. The molecule has 0 radical (unpaired) electrons. The van der Waals surface area contributed by atoms with Gasteiger partial charge in [-0.1, -0.05) is 42.5 Å². The SMILES string of the molecule is CCNC(=S)NN=C(C(=NNC(=S)NCC)c1ccc(S)cc1)c1ccccc1. The number of hydrogen-bond acceptors (Lipinski definition) is 5. The first-order valence-corrected chi connectivity index (χ1v) is 10.4. The Morgan fingerprint density at radius 3 is 1.66 bits per heavy atom. The highest BCUT2D eigenvalue weighted by atomic mass is 32.1. The van der Waals surface area contributed by atoms with Crippen molar-refractivity contribution in [3.8, 4) is 0 Å². The molecule has 0 unspecified atom stereocenters. The van der Waals surface area contributed by atoms with Crippen LogP contribution < -0.4 is 21.5 Å². The molecule has 0 spiro atoms. The fourth-order valence-corrected chi connectivity index (χ4v) is 2.87. The Balaban J connectivity index is 2.51. The molecule has 2 aromatic rings. The van der Waals surface area contributed by atoms with Crippen LogP contribution >= 0.6 is 37.1 Å². The lowest BCUT2D eigenvalue weighted by atomic mass is 10.00. The Kier molecular flexibility index (Phi) is 9.55. The van der Waals surface area contributed by atoms with Crippen molar-refractivity contribution in [3.63, 3.8) is 0 Å². The second-order valence-corrected chi connectivity index (χ2v) is 7.11. The Morgan fingerprint density at radius 2 is 1.21 bits per heavy atom. The molecule has 9 heteroatoms. The largest absolute Gasteiger partial charge is 0.362 e. The van der Waals surface area contributed by atoms with Crippen LogP contribution in [-0.4, -0.2) is 34.7 Å². The van der Waals surface area contributed by atoms with E-state index in [9.17, 15) is 0 Å². The van der Waals surface area contributed by atoms with E-state index in [0.29, 0.717) is 34.7 Å². The van der Waals surface area contributed by atoms with E-state index < -0.39 is 0 Å². The topological polar surface area (TPSA) is 72.8 Å². The predicted octanol–water partition coefficient (Wildman–Crippen LogP) is 3.05. The molecule has 6 nitrogen and oxygen atoms in total. The summed E-state index contributed by atoms with van der Waals surface area (Å²) in [6, 6.07) is 17.4. The Bertz CT molecular complexity index is 879. The summed E-state index contributed by atoms with van der Waals surface area (Å²) in [6.45, 7) is 5.33. The van der Waals surface area contributed by atoms with Crippen LogP contribution in [0.1, 0.15) is 25.0 Å². The predicted molar refractivity (Wildman–Crippen MR) is 132 cm³/mol. The van der Waals surface area contributed by atoms with E-state index >= 15 is 0 Å². The highest BCUT2D eigenvalue weighted by Gasteiger charge is 2.16. The van der Waals surface area contributed by atoms with Crippen molar-refractivity contribution in [1.82, 2.24) is 21.5 Å². The van der Waals surface area contributed by atoms with Crippen molar-refractivity contribution in [1.29, 1.82) is 0 Å². The van der Waals surface area contributed by atoms with Gasteiger partial charge in [-0.15, -0.1) is 12.6 Å². The lowest BCUT2D eigenvalue weighted by Gasteiger charge is -2.13. The summed E-state index contributed by atoms with van der Waals surface area (Å²) in [6.07, 6.45) is 0. The van der Waals surface area contributed by atoms with Crippen molar-refractivity contribution in [2.24, 2.45) is 10.2 Å². The summed E-state index contributed by atoms with van der Waals surface area (Å²) in [5, 5.41) is 16.0. The van der Waals surface area contributed by atoms with Gasteiger partial charge in [-0.25, -0.2) is 0 Å². The smallest absolute Gasteiger partial charge is 0.186 e. The van der Waals surface area contributed by atoms with Crippen molar-refractivity contribution in [2.45, 2.75) is 18.7 Å². The van der Waals surface area contributed by atoms with Crippen molar-refractivity contribution >= 4 is 58.7 Å². The molecule has 152 valence electrons. The highest BCUT2D eigenvalue weighted by Crippen LogP contribution is 2.13. The summed E-state index contributed by atoms with van der Waals surface area (Å²) in [5.41, 5.74) is 8.74. The number of nitrogens with zero attached hydrogens (tertiary/aromatic N) is 2. The zero-order chi connectivity index (χ0) is 21.1. The van der Waals surface area contributed by atoms with Crippen LogP contribution in [0.2, 0.25) is 0 Å². The Morgan fingerprint density at radius 1 is 0.759 bits per heavy atom. The summed E-state index contributed by atoms with van der Waals surface area (Å²) >= 11 is 14.9. The number of nitrogens with one attached hydrogen (secondary N) is 4. The Hall–Kier alpha value is -2.49. The maximum atomic E-state index is 5.26. The van der Waals surface area contributed by atoms with Crippen molar-refractivity contribution in [2.75, 3.05) is 13.1 Å². The molecule has 0 aliphatic carbocycles. The van der Waals surface area contributed by atoms with Crippen LogP contribution in [0.25, 0.3) is 0 Å². The van der Waals surface area contributed by atoms with E-state index in [2.05, 4.69) is 44.3 Å². The molecule has 0 amide bonds. The minimum absolute atomic E-state index is 0.430. The van der Waals surface area contributed by atoms with Crippen LogP contribution in [0, 0.1) is 0 Å². The monoisotopic (exact) mass is 444 g/mol. The molecule has 0 fully saturated rings. The molecule has 2 rings (SSSR count). The normalized spacial score (nSPS) is 11.6. The minimum atomic E-state index is 0.430. The van der Waals surface area contributed by atoms with Gasteiger partial charge in [-0.2, -0.15) is 10.2 Å². The van der Waals surface area contributed by atoms with Gasteiger partial charge in [0.15, 0.2) is 10.2 Å². The average molecular weight is 445 g/mol. The van der Waals surface area contributed by atoms with Crippen LogP contribution in [0.5, 0.6) is 0 Å². The Labute approximate surface area is 187 Å². The number of thiocarbonyl (C=S) groups is 2. The van der Waals surface area contributed by atoms with Crippen LogP contribution in [-0.2, 0) is 0 Å². The van der Waals surface area contributed by atoms with E-state index in [-0.39, 0.29) is 0 Å². The van der Waals surface area contributed by atoms with Gasteiger partial charge in [0.05, 0.1) is 0 Å². The van der Waals surface area contributed by atoms with E-state index in [4.69, 9.17) is 24.4 Å². The standard InChI is InChI=1S/C20H24N6S3/c1-3-21-19(28)25-23-17(14-8-6-5-7-9-14)18(24-26-20(29)22-4-2)15-10-12-16(27)13-11-15/h5-13,27H,3-4H2,1-2H3,(H2,21,25,28)(H2,22,26,29). The molecule has 0 saturated heterocycles. The third-order valence-corrected chi connectivity index (χ3v) is 4.39. The highest BCUT2D eigenvalue weighted by molar-refractivity contribution is 7.80. The molecular weight excluding hydrogens is 420 g/mol. The average Bonchev–Trinajstić information content (AvgIpc) is 2.72. The van der Waals surface area contributed by atoms with Crippen LogP contribution in [0.15, 0.2) is 69.7 Å². The molecule has 4 N–H and O–H groups in total. The quantitative estimate of drug-likeness (QED) is 0.196. The van der Waals surface area contributed by atoms with Gasteiger partial charge in [0, 0.05) is 29.1 Å². The molecule has 2 aromatic carbocycles. The van der Waals surface area contributed by atoms with Gasteiger partial charge in [0.2, 0.25) is 0 Å². The first-order chi connectivity index (χ1) is 14.0. The lowest BCUT2D eigenvalue weighted by Crippen LogP contribution is -2.35. The van der Waals surface area contributed by atoms with Crippen molar-refractivity contribution < 1.29 is 0 Å². The third kappa shape index (κ3) is 7.45. The van der Waals surface area contributed by atoms with E-state index in [0.717, 1.165) is 16.0 Å². The zero-order valence-corrected chi connectivity index (χ0v) is 18.8. The maximum absolute atomic E-state index is 5.26. The second-order valence-electron chi connectivity index (χ2n) is 5.78. The summed E-state index contributed by atoms with van der Waals surface area (Å²) < 4.78 is 0. The van der Waals surface area contributed by atoms with E-state index in [1.54, 1.807) is 0 Å². The van der Waals surface area contributed by atoms with Gasteiger partial charge in [-0.05, 0) is 50.4 Å². The van der Waals surface area contributed by atoms with E-state index in [1.807, 2.05) is 68.4 Å². The fraction of sp³-hybridized carbons (Fsp3) is 0.200. The van der Waals surface area contributed by atoms with Crippen LogP contribution in [0.3, 0.4) is 0 Å². The summed E-state index contributed by atoms with van der Waals surface area (Å²) in [7, 11) is 0.